The summed E-state index contributed by atoms with van der Waals surface area (Å²) in [5.74, 6) is 1.15. The molecule has 3 saturated carbocycles. The summed E-state index contributed by atoms with van der Waals surface area (Å²) in [6, 6.07) is 0. The van der Waals surface area contributed by atoms with E-state index in [1.807, 2.05) is 6.08 Å². The Bertz CT molecular complexity index is 819. The summed E-state index contributed by atoms with van der Waals surface area (Å²) < 4.78 is 0. The first-order chi connectivity index (χ1) is 15.3. The van der Waals surface area contributed by atoms with Crippen molar-refractivity contribution in [3.05, 3.63) is 47.6 Å². The third kappa shape index (κ3) is 5.23. The molecule has 0 spiro atoms. The first-order valence-corrected chi connectivity index (χ1v) is 12.5. The molecule has 3 fully saturated rings. The Morgan fingerprint density at radius 2 is 1.88 bits per heavy atom. The lowest BCUT2D eigenvalue weighted by molar-refractivity contribution is -0.123. The number of fused-ring (bicyclic) bond motifs is 1. The summed E-state index contributed by atoms with van der Waals surface area (Å²) in [4.78, 5) is 0. The molecule has 5 heteroatoms. The van der Waals surface area contributed by atoms with Crippen molar-refractivity contribution in [1.29, 1.82) is 0 Å². The summed E-state index contributed by atoms with van der Waals surface area (Å²) in [5, 5.41) is 50.9. The van der Waals surface area contributed by atoms with E-state index >= 15 is 0 Å². The zero-order chi connectivity index (χ0) is 24.6. The van der Waals surface area contributed by atoms with Crippen LogP contribution in [0.1, 0.15) is 72.6 Å². The Kier molecular flexibility index (Phi) is 7.82. The monoisotopic (exact) mass is 460 g/mol. The molecule has 0 heterocycles. The molecular weight excluding hydrogens is 416 g/mol. The van der Waals surface area contributed by atoms with Gasteiger partial charge in [0.05, 0.1) is 24.4 Å². The molecule has 3 aliphatic carbocycles. The molecule has 0 unspecified atom stereocenters. The molecule has 5 nitrogen and oxygen atoms in total. The van der Waals surface area contributed by atoms with Gasteiger partial charge in [0.25, 0.3) is 0 Å². The van der Waals surface area contributed by atoms with Crippen LogP contribution >= 0.6 is 0 Å². The summed E-state index contributed by atoms with van der Waals surface area (Å²) in [7, 11) is 0. The molecule has 0 radical (unpaired) electrons. The number of hydrogen-bond acceptors (Lipinski definition) is 5. The Balaban J connectivity index is 1.79. The SMILES string of the molecule is C=C1/C(=C\C=C2/CCC[C@@]3(C)[C@@H]2CC[C@@H]3[C@H](C)/C=C/[C@@](O)(CO)C(C)(C)O)C[C@@H](O)C[C@@H]1O. The van der Waals surface area contributed by atoms with Gasteiger partial charge in [0.2, 0.25) is 0 Å². The van der Waals surface area contributed by atoms with Crippen molar-refractivity contribution in [2.24, 2.45) is 23.2 Å². The fourth-order valence-corrected chi connectivity index (χ4v) is 6.50. The van der Waals surface area contributed by atoms with Crippen LogP contribution in [0.2, 0.25) is 0 Å². The van der Waals surface area contributed by atoms with E-state index in [0.29, 0.717) is 24.7 Å². The Labute approximate surface area is 199 Å². The minimum atomic E-state index is -1.67. The van der Waals surface area contributed by atoms with Gasteiger partial charge in [0.15, 0.2) is 0 Å². The normalized spacial score (nSPS) is 38.6. The highest BCUT2D eigenvalue weighted by atomic mass is 16.4. The molecule has 0 bridgehead atoms. The van der Waals surface area contributed by atoms with E-state index < -0.39 is 30.0 Å². The average Bonchev–Trinajstić information content (AvgIpc) is 3.10. The van der Waals surface area contributed by atoms with Gasteiger partial charge in [-0.1, -0.05) is 50.3 Å². The second kappa shape index (κ2) is 9.79. The van der Waals surface area contributed by atoms with E-state index in [-0.39, 0.29) is 11.3 Å². The van der Waals surface area contributed by atoms with E-state index in [4.69, 9.17) is 0 Å². The van der Waals surface area contributed by atoms with Crippen molar-refractivity contribution in [3.63, 3.8) is 0 Å². The van der Waals surface area contributed by atoms with Crippen LogP contribution in [0.25, 0.3) is 0 Å². The van der Waals surface area contributed by atoms with Gasteiger partial charge in [-0.05, 0) is 86.7 Å². The zero-order valence-electron chi connectivity index (χ0n) is 20.8. The minimum absolute atomic E-state index is 0.154. The maximum atomic E-state index is 10.7. The molecule has 0 aromatic carbocycles. The van der Waals surface area contributed by atoms with Crippen LogP contribution in [-0.2, 0) is 0 Å². The number of rotatable bonds is 6. The van der Waals surface area contributed by atoms with Crippen LogP contribution in [-0.4, -0.2) is 55.5 Å². The number of aliphatic hydroxyl groups excluding tert-OH is 3. The van der Waals surface area contributed by atoms with Gasteiger partial charge in [-0.3, -0.25) is 0 Å². The molecule has 186 valence electrons. The summed E-state index contributed by atoms with van der Waals surface area (Å²) in [6.07, 6.45) is 13.1. The first kappa shape index (κ1) is 26.4. The van der Waals surface area contributed by atoms with Gasteiger partial charge >= 0.3 is 0 Å². The lowest BCUT2D eigenvalue weighted by Crippen LogP contribution is -2.51. The number of aliphatic hydroxyl groups is 5. The van der Waals surface area contributed by atoms with Gasteiger partial charge in [-0.25, -0.2) is 0 Å². The Morgan fingerprint density at radius 3 is 2.52 bits per heavy atom. The van der Waals surface area contributed by atoms with Gasteiger partial charge in [-0.2, -0.15) is 0 Å². The summed E-state index contributed by atoms with van der Waals surface area (Å²) in [6.45, 7) is 11.1. The molecule has 0 aliphatic heterocycles. The Hall–Kier alpha value is -1.24. The lowest BCUT2D eigenvalue weighted by atomic mass is 9.61. The highest BCUT2D eigenvalue weighted by Crippen LogP contribution is 2.59. The van der Waals surface area contributed by atoms with Gasteiger partial charge < -0.3 is 25.5 Å². The average molecular weight is 461 g/mol. The van der Waals surface area contributed by atoms with Crippen LogP contribution in [0, 0.1) is 23.2 Å². The lowest BCUT2D eigenvalue weighted by Gasteiger charge is -2.44. The van der Waals surface area contributed by atoms with E-state index in [2.05, 4.69) is 32.6 Å². The van der Waals surface area contributed by atoms with Gasteiger partial charge in [0, 0.05) is 6.42 Å². The molecule has 0 saturated heterocycles. The largest absolute Gasteiger partial charge is 0.393 e. The van der Waals surface area contributed by atoms with Crippen LogP contribution in [0.15, 0.2) is 47.6 Å². The van der Waals surface area contributed by atoms with E-state index in [0.717, 1.165) is 43.3 Å². The van der Waals surface area contributed by atoms with Crippen LogP contribution in [0.3, 0.4) is 0 Å². The van der Waals surface area contributed by atoms with E-state index in [1.165, 1.54) is 19.4 Å². The fraction of sp³-hybridized carbons (Fsp3) is 0.714. The van der Waals surface area contributed by atoms with Gasteiger partial charge in [0.1, 0.15) is 5.60 Å². The molecule has 3 rings (SSSR count). The molecule has 33 heavy (non-hydrogen) atoms. The van der Waals surface area contributed by atoms with Crippen LogP contribution < -0.4 is 0 Å². The predicted molar refractivity (Wildman–Crippen MR) is 131 cm³/mol. The zero-order valence-corrected chi connectivity index (χ0v) is 20.8. The van der Waals surface area contributed by atoms with E-state index in [9.17, 15) is 25.5 Å². The maximum absolute atomic E-state index is 10.7. The van der Waals surface area contributed by atoms with Crippen molar-refractivity contribution in [2.75, 3.05) is 6.61 Å². The Morgan fingerprint density at radius 1 is 1.18 bits per heavy atom. The second-order valence-corrected chi connectivity index (χ2v) is 11.5. The highest BCUT2D eigenvalue weighted by molar-refractivity contribution is 5.38. The first-order valence-electron chi connectivity index (χ1n) is 12.5. The molecule has 3 aliphatic rings. The molecule has 0 amide bonds. The summed E-state index contributed by atoms with van der Waals surface area (Å²) in [5.41, 5.74) is 0.172. The van der Waals surface area contributed by atoms with Crippen molar-refractivity contribution in [1.82, 2.24) is 0 Å². The van der Waals surface area contributed by atoms with Crippen LogP contribution in [0.5, 0.6) is 0 Å². The minimum Gasteiger partial charge on any atom is -0.393 e. The van der Waals surface area contributed by atoms with Crippen molar-refractivity contribution >= 4 is 0 Å². The molecule has 7 atom stereocenters. The predicted octanol–water partition coefficient (Wildman–Crippen LogP) is 3.81. The number of hydrogen-bond donors (Lipinski definition) is 5. The fourth-order valence-electron chi connectivity index (χ4n) is 6.50. The number of allylic oxidation sites excluding steroid dienone is 4. The topological polar surface area (TPSA) is 101 Å². The maximum Gasteiger partial charge on any atom is 0.134 e. The van der Waals surface area contributed by atoms with Crippen molar-refractivity contribution in [2.45, 2.75) is 96.1 Å². The third-order valence-electron chi connectivity index (χ3n) is 8.91. The standard InChI is InChI=1S/C28H44O5/c1-18(12-14-28(33,17-29)26(3,4)32)23-10-11-24-20(7-6-13-27(23,24)5)8-9-21-15-22(30)16-25(31)19(21)2/h8-9,12,14,18,22-25,29-33H,2,6-7,10-11,13,15-17H2,1,3-5H3/b14-12+,20-8+,21-9-/t18-,22-,23-,24-,25+,27-,28-/m1/s1. The quantitative estimate of drug-likeness (QED) is 0.388. The molecule has 0 aromatic rings. The van der Waals surface area contributed by atoms with Gasteiger partial charge in [-0.15, -0.1) is 0 Å². The van der Waals surface area contributed by atoms with Crippen molar-refractivity contribution < 1.29 is 25.5 Å². The molecule has 5 N–H and O–H groups in total. The highest BCUT2D eigenvalue weighted by Gasteiger charge is 2.50. The van der Waals surface area contributed by atoms with Crippen LogP contribution in [0.4, 0.5) is 0 Å². The van der Waals surface area contributed by atoms with Crippen molar-refractivity contribution in [3.8, 4) is 0 Å². The smallest absolute Gasteiger partial charge is 0.134 e. The van der Waals surface area contributed by atoms with E-state index in [1.54, 1.807) is 6.08 Å². The third-order valence-corrected chi connectivity index (χ3v) is 8.91. The summed E-state index contributed by atoms with van der Waals surface area (Å²) >= 11 is 0. The molecule has 0 aromatic heterocycles. The second-order valence-electron chi connectivity index (χ2n) is 11.5. The molecular formula is C28H44O5.